The quantitative estimate of drug-likeness (QED) is 0.668. The molecule has 1 unspecified atom stereocenters. The maximum Gasteiger partial charge on any atom is 0.308 e. The van der Waals surface area contributed by atoms with Gasteiger partial charge < -0.3 is 4.74 Å². The summed E-state index contributed by atoms with van der Waals surface area (Å²) in [6.45, 7) is 4.23. The van der Waals surface area contributed by atoms with Crippen molar-refractivity contribution in [3.8, 4) is 0 Å². The van der Waals surface area contributed by atoms with Crippen molar-refractivity contribution in [1.82, 2.24) is 0 Å². The molecular formula is C13H24O2. The van der Waals surface area contributed by atoms with Crippen LogP contribution in [0.2, 0.25) is 0 Å². The number of rotatable bonds is 4. The second-order valence-electron chi connectivity index (χ2n) is 5.11. The molecule has 0 spiro atoms. The van der Waals surface area contributed by atoms with Crippen LogP contribution < -0.4 is 0 Å². The molecule has 0 amide bonds. The molecule has 2 nitrogen and oxygen atoms in total. The Hall–Kier alpha value is -0.530. The van der Waals surface area contributed by atoms with E-state index in [1.54, 1.807) is 0 Å². The number of hydrogen-bond donors (Lipinski definition) is 0. The Kier molecular flexibility index (Phi) is 5.13. The van der Waals surface area contributed by atoms with E-state index in [4.69, 9.17) is 4.74 Å². The van der Waals surface area contributed by atoms with Crippen molar-refractivity contribution in [2.45, 2.75) is 52.4 Å². The second-order valence-corrected chi connectivity index (χ2v) is 5.11. The second kappa shape index (κ2) is 6.14. The van der Waals surface area contributed by atoms with Crippen LogP contribution in [0.25, 0.3) is 0 Å². The third-order valence-electron chi connectivity index (χ3n) is 3.62. The van der Waals surface area contributed by atoms with Gasteiger partial charge in [0.1, 0.15) is 0 Å². The molecular weight excluding hydrogens is 188 g/mol. The Bertz CT molecular complexity index is 193. The highest BCUT2D eigenvalue weighted by Crippen LogP contribution is 2.31. The lowest BCUT2D eigenvalue weighted by molar-refractivity contribution is -0.147. The van der Waals surface area contributed by atoms with Crippen LogP contribution >= 0.6 is 0 Å². The first-order valence-corrected chi connectivity index (χ1v) is 6.23. The zero-order chi connectivity index (χ0) is 11.3. The summed E-state index contributed by atoms with van der Waals surface area (Å²) in [6, 6.07) is 0. The zero-order valence-corrected chi connectivity index (χ0v) is 10.3. The fraction of sp³-hybridized carbons (Fsp3) is 0.923. The zero-order valence-electron chi connectivity index (χ0n) is 10.3. The fourth-order valence-electron chi connectivity index (χ4n) is 2.57. The van der Waals surface area contributed by atoms with Gasteiger partial charge in [-0.2, -0.15) is 0 Å². The van der Waals surface area contributed by atoms with Gasteiger partial charge in [-0.1, -0.05) is 46.0 Å². The third kappa shape index (κ3) is 3.84. The molecule has 2 heteroatoms. The normalized spacial score (nSPS) is 20.3. The standard InChI is InChI=1S/C13H24O2/c1-10(2)12(13(14)15-3)9-11-7-5-4-6-8-11/h10-12H,4-9H2,1-3H3. The van der Waals surface area contributed by atoms with Crippen molar-refractivity contribution >= 4 is 5.97 Å². The van der Waals surface area contributed by atoms with E-state index >= 15 is 0 Å². The molecule has 0 heterocycles. The van der Waals surface area contributed by atoms with E-state index in [9.17, 15) is 4.79 Å². The lowest BCUT2D eigenvalue weighted by Crippen LogP contribution is -2.25. The molecule has 0 aromatic rings. The molecule has 1 aliphatic carbocycles. The van der Waals surface area contributed by atoms with E-state index in [1.165, 1.54) is 39.2 Å². The minimum atomic E-state index is -0.0180. The Balaban J connectivity index is 2.46. The number of ether oxygens (including phenoxy) is 1. The van der Waals surface area contributed by atoms with E-state index in [0.29, 0.717) is 5.92 Å². The van der Waals surface area contributed by atoms with Crippen LogP contribution in [0.3, 0.4) is 0 Å². The predicted octanol–water partition coefficient (Wildman–Crippen LogP) is 3.40. The minimum absolute atomic E-state index is 0.0180. The van der Waals surface area contributed by atoms with E-state index < -0.39 is 0 Å². The highest BCUT2D eigenvalue weighted by atomic mass is 16.5. The van der Waals surface area contributed by atoms with Crippen molar-refractivity contribution in [1.29, 1.82) is 0 Å². The summed E-state index contributed by atoms with van der Waals surface area (Å²) in [5.74, 6) is 1.25. The van der Waals surface area contributed by atoms with Crippen molar-refractivity contribution in [3.05, 3.63) is 0 Å². The first kappa shape index (κ1) is 12.5. The van der Waals surface area contributed by atoms with Gasteiger partial charge >= 0.3 is 5.97 Å². The van der Waals surface area contributed by atoms with Crippen LogP contribution in [0, 0.1) is 17.8 Å². The average molecular weight is 212 g/mol. The molecule has 1 saturated carbocycles. The van der Waals surface area contributed by atoms with Gasteiger partial charge in [0.05, 0.1) is 13.0 Å². The summed E-state index contributed by atoms with van der Waals surface area (Å²) < 4.78 is 4.88. The third-order valence-corrected chi connectivity index (χ3v) is 3.62. The summed E-state index contributed by atoms with van der Waals surface area (Å²) in [5.41, 5.74) is 0. The summed E-state index contributed by atoms with van der Waals surface area (Å²) in [5, 5.41) is 0. The molecule has 0 saturated heterocycles. The maximum absolute atomic E-state index is 11.6. The molecule has 1 atom stereocenters. The monoisotopic (exact) mass is 212 g/mol. The largest absolute Gasteiger partial charge is 0.469 e. The van der Waals surface area contributed by atoms with Gasteiger partial charge in [0.15, 0.2) is 0 Å². The van der Waals surface area contributed by atoms with Gasteiger partial charge in [-0.25, -0.2) is 0 Å². The van der Waals surface area contributed by atoms with Gasteiger partial charge in [-0.3, -0.25) is 4.79 Å². The van der Waals surface area contributed by atoms with Crippen molar-refractivity contribution in [2.24, 2.45) is 17.8 Å². The van der Waals surface area contributed by atoms with Crippen LogP contribution in [0.5, 0.6) is 0 Å². The molecule has 0 radical (unpaired) electrons. The summed E-state index contributed by atoms with van der Waals surface area (Å²) >= 11 is 0. The smallest absolute Gasteiger partial charge is 0.308 e. The first-order valence-electron chi connectivity index (χ1n) is 6.23. The molecule has 0 bridgehead atoms. The van der Waals surface area contributed by atoms with Crippen molar-refractivity contribution in [2.75, 3.05) is 7.11 Å². The number of hydrogen-bond acceptors (Lipinski definition) is 2. The van der Waals surface area contributed by atoms with Crippen molar-refractivity contribution < 1.29 is 9.53 Å². The summed E-state index contributed by atoms with van der Waals surface area (Å²) in [4.78, 5) is 11.6. The van der Waals surface area contributed by atoms with E-state index in [2.05, 4.69) is 13.8 Å². The Morgan fingerprint density at radius 2 is 1.87 bits per heavy atom. The fourth-order valence-corrected chi connectivity index (χ4v) is 2.57. The molecule has 0 N–H and O–H groups in total. The van der Waals surface area contributed by atoms with Gasteiger partial charge in [-0.15, -0.1) is 0 Å². The Morgan fingerprint density at radius 1 is 1.27 bits per heavy atom. The van der Waals surface area contributed by atoms with Crippen LogP contribution in [0.4, 0.5) is 0 Å². The number of methoxy groups -OCH3 is 1. The van der Waals surface area contributed by atoms with E-state index in [-0.39, 0.29) is 11.9 Å². The highest BCUT2D eigenvalue weighted by molar-refractivity contribution is 5.72. The molecule has 0 aliphatic heterocycles. The average Bonchev–Trinajstić information content (AvgIpc) is 2.26. The Labute approximate surface area is 93.4 Å². The van der Waals surface area contributed by atoms with Gasteiger partial charge in [0, 0.05) is 0 Å². The van der Waals surface area contributed by atoms with Crippen LogP contribution in [0.15, 0.2) is 0 Å². The van der Waals surface area contributed by atoms with Crippen LogP contribution in [-0.2, 0) is 9.53 Å². The predicted molar refractivity (Wildman–Crippen MR) is 61.5 cm³/mol. The Morgan fingerprint density at radius 3 is 2.33 bits per heavy atom. The topological polar surface area (TPSA) is 26.3 Å². The number of carbonyl (C=O) groups excluding carboxylic acids is 1. The first-order chi connectivity index (χ1) is 7.15. The maximum atomic E-state index is 11.6. The summed E-state index contributed by atoms with van der Waals surface area (Å²) in [7, 11) is 1.50. The molecule has 0 aromatic carbocycles. The lowest BCUT2D eigenvalue weighted by atomic mass is 9.79. The molecule has 1 fully saturated rings. The number of esters is 1. The highest BCUT2D eigenvalue weighted by Gasteiger charge is 2.27. The van der Waals surface area contributed by atoms with Crippen molar-refractivity contribution in [3.63, 3.8) is 0 Å². The SMILES string of the molecule is COC(=O)C(CC1CCCCC1)C(C)C. The minimum Gasteiger partial charge on any atom is -0.469 e. The molecule has 15 heavy (non-hydrogen) atoms. The number of carbonyl (C=O) groups is 1. The lowest BCUT2D eigenvalue weighted by Gasteiger charge is -2.27. The van der Waals surface area contributed by atoms with Gasteiger partial charge in [0.2, 0.25) is 0 Å². The van der Waals surface area contributed by atoms with Gasteiger partial charge in [0.25, 0.3) is 0 Å². The van der Waals surface area contributed by atoms with Crippen LogP contribution in [0.1, 0.15) is 52.4 Å². The van der Waals surface area contributed by atoms with E-state index in [1.807, 2.05) is 0 Å². The molecule has 0 aromatic heterocycles. The van der Waals surface area contributed by atoms with Crippen LogP contribution in [-0.4, -0.2) is 13.1 Å². The summed E-state index contributed by atoms with van der Waals surface area (Å²) in [6.07, 6.45) is 7.71. The van der Waals surface area contributed by atoms with E-state index in [0.717, 1.165) is 12.3 Å². The molecule has 88 valence electrons. The molecule has 1 rings (SSSR count). The molecule has 1 aliphatic rings. The van der Waals surface area contributed by atoms with Gasteiger partial charge in [-0.05, 0) is 18.3 Å².